The van der Waals surface area contributed by atoms with Crippen molar-refractivity contribution in [3.05, 3.63) is 83.1 Å². The number of rotatable bonds is 3. The molecular formula is C40H47F2N3O5. The molecule has 266 valence electrons. The molecule has 3 aliphatic heterocycles. The Morgan fingerprint density at radius 3 is 2.48 bits per heavy atom. The third-order valence-corrected chi connectivity index (χ3v) is 9.70. The number of imidazole rings is 1. The second-order valence-electron chi connectivity index (χ2n) is 14.7. The molecule has 0 aliphatic carbocycles. The highest BCUT2D eigenvalue weighted by molar-refractivity contribution is 5.82. The molecule has 3 aliphatic rings. The fraction of sp³-hybridized carbons (Fsp3) is 0.450. The molecule has 2 unspecified atom stereocenters. The molecule has 2 aromatic carbocycles. The number of benzene rings is 2. The number of carbonyl (C=O) groups excluding carboxylic acids is 1. The summed E-state index contributed by atoms with van der Waals surface area (Å²) in [6.07, 6.45) is 6.62. The Morgan fingerprint density at radius 2 is 1.78 bits per heavy atom. The molecule has 1 saturated heterocycles. The SMILES string of the molecule is COC(=O)C(OC(C)(C)C)c1c(C)c(C)c2nc3cn2c1N1CCC(C)(CC1)OCC=CCC(C)Oc1cc(F)cc(F)c1-c1cccc-3c1. The summed E-state index contributed by atoms with van der Waals surface area (Å²) < 4.78 is 56.5. The van der Waals surface area contributed by atoms with E-state index in [2.05, 4.69) is 11.8 Å². The van der Waals surface area contributed by atoms with Crippen LogP contribution in [0.4, 0.5) is 14.6 Å². The average Bonchev–Trinajstić information content (AvgIpc) is 3.50. The van der Waals surface area contributed by atoms with Gasteiger partial charge in [-0.25, -0.2) is 18.6 Å². The first-order valence-corrected chi connectivity index (χ1v) is 17.3. The minimum absolute atomic E-state index is 0.130. The van der Waals surface area contributed by atoms with Gasteiger partial charge < -0.3 is 23.8 Å². The normalized spacial score (nSPS) is 20.4. The van der Waals surface area contributed by atoms with Gasteiger partial charge in [0, 0.05) is 49.0 Å². The average molecular weight is 688 g/mol. The number of esters is 1. The molecule has 10 heteroatoms. The summed E-state index contributed by atoms with van der Waals surface area (Å²) in [6, 6.07) is 9.49. The topological polar surface area (TPSA) is 74.5 Å². The summed E-state index contributed by atoms with van der Waals surface area (Å²) in [5.74, 6) is -0.971. The molecule has 6 bridgehead atoms. The van der Waals surface area contributed by atoms with Crippen LogP contribution in [-0.4, -0.2) is 59.5 Å². The minimum atomic E-state index is -0.991. The van der Waals surface area contributed by atoms with Crippen LogP contribution in [0.1, 0.15) is 76.7 Å². The fourth-order valence-corrected chi connectivity index (χ4v) is 6.90. The Hall–Kier alpha value is -4.28. The molecule has 50 heavy (non-hydrogen) atoms. The molecular weight excluding hydrogens is 640 g/mol. The molecule has 2 atom stereocenters. The maximum Gasteiger partial charge on any atom is 0.339 e. The van der Waals surface area contributed by atoms with Gasteiger partial charge in [0.15, 0.2) is 6.10 Å². The monoisotopic (exact) mass is 687 g/mol. The minimum Gasteiger partial charge on any atom is -0.490 e. The summed E-state index contributed by atoms with van der Waals surface area (Å²) in [6.45, 7) is 15.5. The number of hydrogen-bond acceptors (Lipinski definition) is 7. The van der Waals surface area contributed by atoms with Gasteiger partial charge in [0.1, 0.15) is 28.8 Å². The van der Waals surface area contributed by atoms with E-state index in [1.54, 1.807) is 6.07 Å². The third kappa shape index (κ3) is 7.14. The van der Waals surface area contributed by atoms with Gasteiger partial charge in [0.05, 0.1) is 42.3 Å². The summed E-state index contributed by atoms with van der Waals surface area (Å²) in [7, 11) is 1.38. The van der Waals surface area contributed by atoms with Crippen LogP contribution in [0.25, 0.3) is 28.0 Å². The van der Waals surface area contributed by atoms with Crippen LogP contribution in [0.15, 0.2) is 54.7 Å². The number of aryl methyl sites for hydroxylation is 1. The summed E-state index contributed by atoms with van der Waals surface area (Å²) in [5, 5.41) is 0. The molecule has 8 nitrogen and oxygen atoms in total. The first-order valence-electron chi connectivity index (χ1n) is 17.3. The molecule has 1 fully saturated rings. The van der Waals surface area contributed by atoms with Crippen LogP contribution >= 0.6 is 0 Å². The fourth-order valence-electron chi connectivity index (χ4n) is 6.90. The quantitative estimate of drug-likeness (QED) is 0.158. The molecule has 0 N–H and O–H groups in total. The van der Waals surface area contributed by atoms with Gasteiger partial charge in [-0.2, -0.15) is 0 Å². The van der Waals surface area contributed by atoms with E-state index in [9.17, 15) is 9.18 Å². The molecule has 4 aromatic rings. The highest BCUT2D eigenvalue weighted by Gasteiger charge is 2.38. The number of hydrogen-bond donors (Lipinski definition) is 0. The number of pyridine rings is 1. The molecule has 0 radical (unpaired) electrons. The maximum atomic E-state index is 15.6. The van der Waals surface area contributed by atoms with Crippen molar-refractivity contribution < 1.29 is 32.5 Å². The molecule has 2 aromatic heterocycles. The lowest BCUT2D eigenvalue weighted by atomic mass is 9.92. The Labute approximate surface area is 293 Å². The highest BCUT2D eigenvalue weighted by Crippen LogP contribution is 2.42. The van der Waals surface area contributed by atoms with Crippen molar-refractivity contribution in [3.63, 3.8) is 0 Å². The lowest BCUT2D eigenvalue weighted by Crippen LogP contribution is -2.45. The number of nitrogens with zero attached hydrogens (tertiary/aromatic N) is 3. The summed E-state index contributed by atoms with van der Waals surface area (Å²) in [4.78, 5) is 20.9. The Kier molecular flexibility index (Phi) is 9.81. The predicted molar refractivity (Wildman–Crippen MR) is 191 cm³/mol. The number of piperidine rings is 1. The molecule has 7 rings (SSSR count). The van der Waals surface area contributed by atoms with Crippen molar-refractivity contribution in [1.82, 2.24) is 9.38 Å². The van der Waals surface area contributed by atoms with Gasteiger partial charge in [-0.3, -0.25) is 4.40 Å². The summed E-state index contributed by atoms with van der Waals surface area (Å²) >= 11 is 0. The van der Waals surface area contributed by atoms with E-state index in [-0.39, 0.29) is 23.0 Å². The van der Waals surface area contributed by atoms with E-state index in [1.165, 1.54) is 13.2 Å². The highest BCUT2D eigenvalue weighted by atomic mass is 19.1. The van der Waals surface area contributed by atoms with Gasteiger partial charge in [0.2, 0.25) is 0 Å². The van der Waals surface area contributed by atoms with Crippen molar-refractivity contribution in [2.24, 2.45) is 0 Å². The van der Waals surface area contributed by atoms with Crippen LogP contribution in [0.2, 0.25) is 0 Å². The second kappa shape index (κ2) is 13.8. The van der Waals surface area contributed by atoms with E-state index in [4.69, 9.17) is 23.9 Å². The van der Waals surface area contributed by atoms with Crippen molar-refractivity contribution in [2.75, 3.05) is 31.7 Å². The zero-order chi connectivity index (χ0) is 36.0. The summed E-state index contributed by atoms with van der Waals surface area (Å²) in [5.41, 5.74) is 4.34. The Bertz CT molecular complexity index is 1940. The van der Waals surface area contributed by atoms with Crippen LogP contribution in [0.5, 0.6) is 5.75 Å². The van der Waals surface area contributed by atoms with Gasteiger partial charge in [-0.05, 0) is 84.1 Å². The van der Waals surface area contributed by atoms with Crippen molar-refractivity contribution in [3.8, 4) is 28.1 Å². The number of halogens is 2. The maximum absolute atomic E-state index is 15.6. The lowest BCUT2D eigenvalue weighted by molar-refractivity contribution is -0.164. The largest absolute Gasteiger partial charge is 0.490 e. The molecule has 0 spiro atoms. The van der Waals surface area contributed by atoms with Crippen LogP contribution < -0.4 is 9.64 Å². The van der Waals surface area contributed by atoms with Gasteiger partial charge in [0.25, 0.3) is 0 Å². The van der Waals surface area contributed by atoms with Gasteiger partial charge in [-0.1, -0.05) is 30.4 Å². The zero-order valence-electron chi connectivity index (χ0n) is 30.2. The number of fused-ring (bicyclic) bond motifs is 7. The van der Waals surface area contributed by atoms with Crippen LogP contribution in [0, 0.1) is 25.5 Å². The number of ether oxygens (including phenoxy) is 4. The van der Waals surface area contributed by atoms with E-state index >= 15 is 4.39 Å². The number of anilines is 1. The number of carbonyl (C=O) groups is 1. The first-order chi connectivity index (χ1) is 23.7. The molecule has 5 heterocycles. The smallest absolute Gasteiger partial charge is 0.339 e. The Morgan fingerprint density at radius 1 is 1.06 bits per heavy atom. The van der Waals surface area contributed by atoms with E-state index in [0.29, 0.717) is 37.4 Å². The molecule has 0 amide bonds. The molecule has 0 saturated carbocycles. The van der Waals surface area contributed by atoms with Crippen LogP contribution in [0.3, 0.4) is 0 Å². The Balaban J connectivity index is 1.60. The van der Waals surface area contributed by atoms with E-state index in [1.807, 2.05) is 82.5 Å². The first kappa shape index (κ1) is 35.5. The second-order valence-corrected chi connectivity index (χ2v) is 14.7. The van der Waals surface area contributed by atoms with E-state index in [0.717, 1.165) is 52.6 Å². The van der Waals surface area contributed by atoms with E-state index < -0.39 is 29.3 Å². The van der Waals surface area contributed by atoms with Crippen molar-refractivity contribution in [1.29, 1.82) is 0 Å². The number of aromatic nitrogens is 2. The third-order valence-electron chi connectivity index (χ3n) is 9.70. The standard InChI is InChI=1S/C40H47F2N3O5/c1-24-12-9-10-19-48-40(7)15-17-44(18-16-40)37-33(35(38(46)47-8)50-39(4,5)6)25(2)26(3)36-43-31(23-45(36)37)27-13-11-14-28(20-27)34-30(42)21-29(41)22-32(34)49-24/h9-11,13-14,20-24,35H,12,15-19H2,1-8H3. The van der Waals surface area contributed by atoms with Crippen LogP contribution in [-0.2, 0) is 19.0 Å². The van der Waals surface area contributed by atoms with Crippen molar-refractivity contribution >= 4 is 17.4 Å². The zero-order valence-corrected chi connectivity index (χ0v) is 30.2. The van der Waals surface area contributed by atoms with Gasteiger partial charge >= 0.3 is 5.97 Å². The lowest BCUT2D eigenvalue weighted by Gasteiger charge is -2.42. The number of methoxy groups -OCH3 is 1. The van der Waals surface area contributed by atoms with Crippen molar-refractivity contribution in [2.45, 2.75) is 91.1 Å². The van der Waals surface area contributed by atoms with Gasteiger partial charge in [-0.15, -0.1) is 0 Å². The predicted octanol–water partition coefficient (Wildman–Crippen LogP) is 8.70.